The van der Waals surface area contributed by atoms with E-state index in [-0.39, 0.29) is 37.1 Å². The van der Waals surface area contributed by atoms with E-state index in [0.29, 0.717) is 5.02 Å². The second-order valence-electron chi connectivity index (χ2n) is 5.54. The van der Waals surface area contributed by atoms with Crippen LogP contribution in [0.3, 0.4) is 0 Å². The maximum atomic E-state index is 12.2. The molecule has 0 saturated heterocycles. The summed E-state index contributed by atoms with van der Waals surface area (Å²) < 4.78 is 4.77. The van der Waals surface area contributed by atoms with Gasteiger partial charge in [-0.3, -0.25) is 14.4 Å². The van der Waals surface area contributed by atoms with Gasteiger partial charge in [-0.15, -0.1) is 0 Å². The molecule has 1 amide bonds. The van der Waals surface area contributed by atoms with Crippen molar-refractivity contribution in [2.24, 2.45) is 5.92 Å². The molecule has 0 saturated carbocycles. The van der Waals surface area contributed by atoms with Crippen LogP contribution in [0.15, 0.2) is 24.3 Å². The van der Waals surface area contributed by atoms with Crippen molar-refractivity contribution in [1.82, 2.24) is 5.32 Å². The van der Waals surface area contributed by atoms with Gasteiger partial charge in [-0.05, 0) is 30.5 Å². The van der Waals surface area contributed by atoms with Crippen LogP contribution in [-0.4, -0.2) is 30.3 Å². The van der Waals surface area contributed by atoms with E-state index in [1.807, 2.05) is 13.8 Å². The van der Waals surface area contributed by atoms with E-state index in [1.165, 1.54) is 0 Å². The summed E-state index contributed by atoms with van der Waals surface area (Å²) in [6, 6.07) is 6.21. The molecule has 1 aromatic carbocycles. The average molecular weight is 340 g/mol. The van der Waals surface area contributed by atoms with Crippen LogP contribution in [0, 0.1) is 5.92 Å². The first-order valence-corrected chi connectivity index (χ1v) is 7.93. The molecule has 0 heterocycles. The molecule has 0 radical (unpaired) electrons. The van der Waals surface area contributed by atoms with Gasteiger partial charge >= 0.3 is 5.97 Å². The molecule has 0 aliphatic heterocycles. The predicted octanol–water partition coefficient (Wildman–Crippen LogP) is 2.55. The number of Topliss-reactive ketones (excluding diaryl/α,β-unsaturated/α-hetero) is 1. The number of hydrogen-bond donors (Lipinski definition) is 1. The molecule has 5 nitrogen and oxygen atoms in total. The lowest BCUT2D eigenvalue weighted by Gasteiger charge is -2.21. The number of ether oxygens (including phenoxy) is 1. The fourth-order valence-electron chi connectivity index (χ4n) is 2.10. The molecule has 0 spiro atoms. The summed E-state index contributed by atoms with van der Waals surface area (Å²) in [5, 5.41) is 3.29. The maximum absolute atomic E-state index is 12.2. The Hall–Kier alpha value is -1.88. The van der Waals surface area contributed by atoms with E-state index >= 15 is 0 Å². The minimum absolute atomic E-state index is 0.119. The molecule has 1 rings (SSSR count). The molecule has 1 unspecified atom stereocenters. The number of esters is 1. The van der Waals surface area contributed by atoms with E-state index in [1.54, 1.807) is 31.2 Å². The van der Waals surface area contributed by atoms with Gasteiger partial charge in [0.25, 0.3) is 0 Å². The van der Waals surface area contributed by atoms with Gasteiger partial charge in [0, 0.05) is 5.02 Å². The van der Waals surface area contributed by atoms with Crippen LogP contribution in [0.4, 0.5) is 0 Å². The zero-order valence-corrected chi connectivity index (χ0v) is 14.4. The first kappa shape index (κ1) is 19.2. The van der Waals surface area contributed by atoms with Crippen molar-refractivity contribution >= 4 is 29.3 Å². The molecule has 1 atom stereocenters. The molecule has 0 aliphatic rings. The molecule has 1 N–H and O–H groups in total. The summed E-state index contributed by atoms with van der Waals surface area (Å²) in [7, 11) is 0. The Morgan fingerprint density at radius 3 is 2.30 bits per heavy atom. The van der Waals surface area contributed by atoms with Gasteiger partial charge in [-0.1, -0.05) is 37.6 Å². The number of nitrogens with one attached hydrogen (secondary N) is 1. The number of hydrogen-bond acceptors (Lipinski definition) is 4. The highest BCUT2D eigenvalue weighted by molar-refractivity contribution is 6.30. The van der Waals surface area contributed by atoms with Crippen LogP contribution in [-0.2, 0) is 25.5 Å². The lowest BCUT2D eigenvalue weighted by atomic mass is 9.97. The third-order valence-corrected chi connectivity index (χ3v) is 3.48. The Morgan fingerprint density at radius 2 is 1.78 bits per heavy atom. The number of carbonyl (C=O) groups excluding carboxylic acids is 3. The summed E-state index contributed by atoms with van der Waals surface area (Å²) in [5.74, 6) is -1.31. The summed E-state index contributed by atoms with van der Waals surface area (Å²) in [6.45, 7) is 5.53. The predicted molar refractivity (Wildman–Crippen MR) is 88.2 cm³/mol. The molecular weight excluding hydrogens is 318 g/mol. The van der Waals surface area contributed by atoms with Crippen molar-refractivity contribution in [3.63, 3.8) is 0 Å². The number of ketones is 1. The SMILES string of the molecule is CCOC(=O)CC(=O)C(NC(=O)Cc1ccc(Cl)cc1)C(C)C. The lowest BCUT2D eigenvalue weighted by Crippen LogP contribution is -2.45. The molecule has 0 aromatic heterocycles. The van der Waals surface area contributed by atoms with Crippen LogP contribution in [0.1, 0.15) is 32.8 Å². The summed E-state index contributed by atoms with van der Waals surface area (Å²) >= 11 is 5.80. The van der Waals surface area contributed by atoms with Gasteiger partial charge in [0.05, 0.1) is 19.1 Å². The molecule has 126 valence electrons. The van der Waals surface area contributed by atoms with E-state index in [2.05, 4.69) is 5.32 Å². The second kappa shape index (κ2) is 9.30. The standard InChI is InChI=1S/C17H22ClNO4/c1-4-23-16(22)10-14(20)17(11(2)3)19-15(21)9-12-5-7-13(18)8-6-12/h5-8,11,17H,4,9-10H2,1-3H3,(H,19,21). The lowest BCUT2D eigenvalue weighted by molar-refractivity contribution is -0.146. The van der Waals surface area contributed by atoms with Gasteiger partial charge < -0.3 is 10.1 Å². The van der Waals surface area contributed by atoms with Crippen molar-refractivity contribution in [2.45, 2.75) is 39.7 Å². The molecule has 23 heavy (non-hydrogen) atoms. The minimum atomic E-state index is -0.709. The van der Waals surface area contributed by atoms with Crippen LogP contribution < -0.4 is 5.32 Å². The number of rotatable bonds is 8. The van der Waals surface area contributed by atoms with E-state index in [0.717, 1.165) is 5.56 Å². The van der Waals surface area contributed by atoms with E-state index in [4.69, 9.17) is 16.3 Å². The Balaban J connectivity index is 2.64. The van der Waals surface area contributed by atoms with Gasteiger partial charge in [0.2, 0.25) is 5.91 Å². The second-order valence-corrected chi connectivity index (χ2v) is 5.98. The largest absolute Gasteiger partial charge is 0.466 e. The number of halogens is 1. The smallest absolute Gasteiger partial charge is 0.313 e. The number of carbonyl (C=O) groups is 3. The van der Waals surface area contributed by atoms with Crippen molar-refractivity contribution in [1.29, 1.82) is 0 Å². The average Bonchev–Trinajstić information content (AvgIpc) is 2.47. The third kappa shape index (κ3) is 6.82. The Bertz CT molecular complexity index is 554. The highest BCUT2D eigenvalue weighted by atomic mass is 35.5. The van der Waals surface area contributed by atoms with Crippen molar-refractivity contribution < 1.29 is 19.1 Å². The van der Waals surface area contributed by atoms with Gasteiger partial charge in [0.1, 0.15) is 6.42 Å². The number of benzene rings is 1. The molecule has 0 aliphatic carbocycles. The monoisotopic (exact) mass is 339 g/mol. The Morgan fingerprint density at radius 1 is 1.17 bits per heavy atom. The maximum Gasteiger partial charge on any atom is 0.313 e. The van der Waals surface area contributed by atoms with Crippen LogP contribution in [0.5, 0.6) is 0 Å². The van der Waals surface area contributed by atoms with Crippen LogP contribution in [0.2, 0.25) is 5.02 Å². The van der Waals surface area contributed by atoms with Crippen molar-refractivity contribution in [2.75, 3.05) is 6.61 Å². The van der Waals surface area contributed by atoms with Gasteiger partial charge in [-0.25, -0.2) is 0 Å². The molecule has 0 bridgehead atoms. The number of amides is 1. The van der Waals surface area contributed by atoms with Gasteiger partial charge in [-0.2, -0.15) is 0 Å². The third-order valence-electron chi connectivity index (χ3n) is 3.23. The minimum Gasteiger partial charge on any atom is -0.466 e. The van der Waals surface area contributed by atoms with Crippen molar-refractivity contribution in [3.05, 3.63) is 34.9 Å². The first-order chi connectivity index (χ1) is 10.8. The first-order valence-electron chi connectivity index (χ1n) is 7.55. The summed E-state index contributed by atoms with van der Waals surface area (Å²) in [5.41, 5.74) is 0.798. The van der Waals surface area contributed by atoms with E-state index < -0.39 is 12.0 Å². The highest BCUT2D eigenvalue weighted by Gasteiger charge is 2.26. The fourth-order valence-corrected chi connectivity index (χ4v) is 2.22. The van der Waals surface area contributed by atoms with E-state index in [9.17, 15) is 14.4 Å². The Kier molecular flexibility index (Phi) is 7.75. The normalized spacial score (nSPS) is 11.9. The van der Waals surface area contributed by atoms with Gasteiger partial charge in [0.15, 0.2) is 5.78 Å². The van der Waals surface area contributed by atoms with Crippen LogP contribution in [0.25, 0.3) is 0 Å². The molecule has 0 fully saturated rings. The zero-order chi connectivity index (χ0) is 17.4. The topological polar surface area (TPSA) is 72.5 Å². The molecule has 6 heteroatoms. The Labute approximate surface area is 141 Å². The summed E-state index contributed by atoms with van der Waals surface area (Å²) in [6.07, 6.45) is -0.189. The van der Waals surface area contributed by atoms with Crippen molar-refractivity contribution in [3.8, 4) is 0 Å². The highest BCUT2D eigenvalue weighted by Crippen LogP contribution is 2.11. The molecule has 1 aromatic rings. The fraction of sp³-hybridized carbons (Fsp3) is 0.471. The molecular formula is C17H22ClNO4. The van der Waals surface area contributed by atoms with Crippen LogP contribution >= 0.6 is 11.6 Å². The zero-order valence-electron chi connectivity index (χ0n) is 13.6. The summed E-state index contributed by atoms with van der Waals surface area (Å²) in [4.78, 5) is 35.7. The quantitative estimate of drug-likeness (QED) is 0.583.